The van der Waals surface area contributed by atoms with Gasteiger partial charge in [0.15, 0.2) is 0 Å². The summed E-state index contributed by atoms with van der Waals surface area (Å²) < 4.78 is 24.5. The first kappa shape index (κ1) is 15.7. The van der Waals surface area contributed by atoms with Crippen LogP contribution in [-0.4, -0.2) is 0 Å². The Morgan fingerprint density at radius 2 is 1.17 bits per heavy atom. The monoisotopic (exact) mass is 388 g/mol. The number of rotatable bonds is 0. The Morgan fingerprint density at radius 1 is 1.17 bits per heavy atom. The summed E-state index contributed by atoms with van der Waals surface area (Å²) in [4.78, 5) is 0. The standard InChI is InChI=1S/Mo.Ni.3O.W. The van der Waals surface area contributed by atoms with Crippen LogP contribution in [0.4, 0.5) is 0 Å². The molecule has 0 amide bonds. The Bertz CT molecular complexity index is 15.5. The quantitative estimate of drug-likeness (QED) is 0.534. The summed E-state index contributed by atoms with van der Waals surface area (Å²) in [6.45, 7) is 0. The van der Waals surface area contributed by atoms with Gasteiger partial charge in [0.25, 0.3) is 0 Å². The van der Waals surface area contributed by atoms with Gasteiger partial charge in [-0.25, -0.2) is 0 Å². The maximum atomic E-state index is 8.33. The zero-order valence-electron chi connectivity index (χ0n) is 2.36. The molecular formula is MoNiO3W. The van der Waals surface area contributed by atoms with E-state index in [4.69, 9.17) is 10.7 Å². The van der Waals surface area contributed by atoms with Crippen LogP contribution >= 0.6 is 0 Å². The van der Waals surface area contributed by atoms with Gasteiger partial charge >= 0.3 is 65.6 Å². The van der Waals surface area contributed by atoms with Crippen LogP contribution in [0.15, 0.2) is 0 Å². The maximum absolute atomic E-state index is 8.33. The second-order valence-corrected chi connectivity index (χ2v) is 0. The molecule has 0 aliphatic rings. The molecule has 6 heavy (non-hydrogen) atoms. The summed E-state index contributed by atoms with van der Waals surface area (Å²) in [6.07, 6.45) is 0. The molecule has 40 valence electrons. The van der Waals surface area contributed by atoms with E-state index in [1.165, 1.54) is 0 Å². The Kier molecular flexibility index (Phi) is 282. The molecule has 0 bridgehead atoms. The van der Waals surface area contributed by atoms with Crippen LogP contribution in [0.5, 0.6) is 0 Å². The summed E-state index contributed by atoms with van der Waals surface area (Å²) in [5, 5.41) is 0. The van der Waals surface area contributed by atoms with E-state index in [1.807, 2.05) is 0 Å². The zero-order chi connectivity index (χ0) is 6.00. The van der Waals surface area contributed by atoms with Crippen LogP contribution in [0.1, 0.15) is 0 Å². The van der Waals surface area contributed by atoms with Crippen LogP contribution in [0.2, 0.25) is 0 Å². The van der Waals surface area contributed by atoms with Crippen molar-refractivity contribution in [2.24, 2.45) is 0 Å². The molecule has 0 heterocycles. The SMILES string of the molecule is [O]=[Mo].[O]=[Ni].[O]=[W]. The Hall–Kier alpha value is 1.27. The molecule has 0 aromatic heterocycles. The van der Waals surface area contributed by atoms with Crippen molar-refractivity contribution in [3.05, 3.63) is 0 Å². The molecule has 3 nitrogen and oxygen atoms in total. The van der Waals surface area contributed by atoms with Gasteiger partial charge < -0.3 is 0 Å². The van der Waals surface area contributed by atoms with Gasteiger partial charge in [-0.3, -0.25) is 0 Å². The third kappa shape index (κ3) is 59.6. The molecule has 0 saturated carbocycles. The fraction of sp³-hybridized carbons (Fsp3) is 0. The molecule has 0 aliphatic carbocycles. The molecule has 0 radical (unpaired) electrons. The Balaban J connectivity index is -0.0000000225. The number of hydrogen-bond donors (Lipinski definition) is 0. The van der Waals surface area contributed by atoms with E-state index < -0.39 is 0 Å². The zero-order valence-corrected chi connectivity index (χ0v) is 8.29. The fourth-order valence-corrected chi connectivity index (χ4v) is 0. The van der Waals surface area contributed by atoms with Crippen molar-refractivity contribution in [1.29, 1.82) is 0 Å². The molecule has 0 N–H and O–H groups in total. The summed E-state index contributed by atoms with van der Waals surface area (Å²) in [5.41, 5.74) is 0. The normalized spacial score (nSPS) is 2.33. The average Bonchev–Trinajstić information content (AvgIpc) is 1.81. The molecular weight excluding hydrogens is 386 g/mol. The Morgan fingerprint density at radius 3 is 1.17 bits per heavy atom. The van der Waals surface area contributed by atoms with Crippen molar-refractivity contribution < 1.29 is 65.6 Å². The van der Waals surface area contributed by atoms with Crippen molar-refractivity contribution in [2.45, 2.75) is 0 Å². The molecule has 0 aliphatic heterocycles. The predicted molar refractivity (Wildman–Crippen MR) is 2.06 cm³/mol. The minimum absolute atomic E-state index is 0.333. The van der Waals surface area contributed by atoms with Crippen molar-refractivity contribution in [3.8, 4) is 0 Å². The van der Waals surface area contributed by atoms with Crippen LogP contribution < -0.4 is 0 Å². The number of hydrogen-bond acceptors (Lipinski definition) is 3. The van der Waals surface area contributed by atoms with Crippen LogP contribution in [0.3, 0.4) is 0 Å². The van der Waals surface area contributed by atoms with E-state index in [0.29, 0.717) is 39.6 Å². The van der Waals surface area contributed by atoms with E-state index in [0.717, 1.165) is 0 Å². The minimum atomic E-state index is 0.333. The summed E-state index contributed by atoms with van der Waals surface area (Å²) in [7, 11) is 0. The molecule has 0 aromatic rings. The molecule has 6 heteroatoms. The van der Waals surface area contributed by atoms with Crippen LogP contribution in [0.25, 0.3) is 0 Å². The summed E-state index contributed by atoms with van der Waals surface area (Å²) in [5.74, 6) is 0. The first-order valence-corrected chi connectivity index (χ1v) is 2.88. The molecule has 0 unspecified atom stereocenters. The fourth-order valence-electron chi connectivity index (χ4n) is 0. The predicted octanol–water partition coefficient (Wildman–Crippen LogP) is -0.364. The van der Waals surface area contributed by atoms with Crippen molar-refractivity contribution in [1.82, 2.24) is 0 Å². The van der Waals surface area contributed by atoms with Gasteiger partial charge in [-0.1, -0.05) is 0 Å². The van der Waals surface area contributed by atoms with Gasteiger partial charge in [0, 0.05) is 0 Å². The van der Waals surface area contributed by atoms with Gasteiger partial charge in [-0.05, 0) is 0 Å². The molecule has 0 spiro atoms. The molecule has 0 rings (SSSR count). The average molecular weight is 386 g/mol. The van der Waals surface area contributed by atoms with Gasteiger partial charge in [0.2, 0.25) is 0 Å². The van der Waals surface area contributed by atoms with E-state index in [2.05, 4.69) is 15.4 Å². The second kappa shape index (κ2) is 108. The van der Waals surface area contributed by atoms with Crippen LogP contribution in [0, 0.1) is 0 Å². The summed E-state index contributed by atoms with van der Waals surface area (Å²) in [6, 6.07) is 0. The van der Waals surface area contributed by atoms with E-state index >= 15 is 0 Å². The van der Waals surface area contributed by atoms with Gasteiger partial charge in [0.1, 0.15) is 0 Å². The summed E-state index contributed by atoms with van der Waals surface area (Å²) >= 11 is 3.66. The van der Waals surface area contributed by atoms with Gasteiger partial charge in [-0.2, -0.15) is 0 Å². The molecule has 0 atom stereocenters. The Labute approximate surface area is 65.2 Å². The molecule has 0 saturated heterocycles. The van der Waals surface area contributed by atoms with Gasteiger partial charge in [-0.15, -0.1) is 0 Å². The van der Waals surface area contributed by atoms with Crippen LogP contribution in [-0.2, 0) is 65.6 Å². The topological polar surface area (TPSA) is 51.2 Å². The van der Waals surface area contributed by atoms with Crippen molar-refractivity contribution >= 4 is 0 Å². The first-order chi connectivity index (χ1) is 3.00. The first-order valence-electron chi connectivity index (χ1n) is 0.462. The molecule has 0 fully saturated rings. The third-order valence-electron chi connectivity index (χ3n) is 0. The van der Waals surface area contributed by atoms with E-state index in [9.17, 15) is 0 Å². The second-order valence-electron chi connectivity index (χ2n) is 0. The molecule has 0 aromatic carbocycles. The van der Waals surface area contributed by atoms with E-state index in [1.54, 1.807) is 0 Å². The van der Waals surface area contributed by atoms with E-state index in [-0.39, 0.29) is 0 Å². The van der Waals surface area contributed by atoms with Crippen molar-refractivity contribution in [3.63, 3.8) is 0 Å². The third-order valence-corrected chi connectivity index (χ3v) is 0. The van der Waals surface area contributed by atoms with Gasteiger partial charge in [0.05, 0.1) is 0 Å². The van der Waals surface area contributed by atoms with Crippen molar-refractivity contribution in [2.75, 3.05) is 0 Å².